The zero-order valence-corrected chi connectivity index (χ0v) is 11.2. The molecule has 108 valence electrons. The summed E-state index contributed by atoms with van der Waals surface area (Å²) in [4.78, 5) is 13.7. The van der Waals surface area contributed by atoms with Gasteiger partial charge in [-0.15, -0.1) is 0 Å². The number of oxime groups is 1. The van der Waals surface area contributed by atoms with Gasteiger partial charge in [-0.1, -0.05) is 17.3 Å². The predicted octanol–water partition coefficient (Wildman–Crippen LogP) is 0.421. The molecule has 1 aliphatic rings. The summed E-state index contributed by atoms with van der Waals surface area (Å²) in [7, 11) is 1.64. The van der Waals surface area contributed by atoms with E-state index in [1.54, 1.807) is 19.2 Å². The second-order valence-corrected chi connectivity index (χ2v) is 4.47. The van der Waals surface area contributed by atoms with Gasteiger partial charge in [-0.2, -0.15) is 0 Å². The first kappa shape index (κ1) is 14.0. The summed E-state index contributed by atoms with van der Waals surface area (Å²) in [6.45, 7) is 0.514. The maximum Gasteiger partial charge on any atom is 0.267 e. The summed E-state index contributed by atoms with van der Waals surface area (Å²) in [5.74, 6) is 1.07. The number of fused-ring (bicyclic) bond motifs is 1. The Balaban J connectivity index is 1.94. The number of hydrogen-bond acceptors (Lipinski definition) is 5. The summed E-state index contributed by atoms with van der Waals surface area (Å²) in [6.07, 6.45) is -0.384. The molecule has 7 heteroatoms. The molecule has 0 saturated carbocycles. The maximum absolute atomic E-state index is 12.2. The molecule has 1 aromatic rings. The number of carbonyl (C=O) groups is 1. The lowest BCUT2D eigenvalue weighted by atomic mass is 10.2. The quantitative estimate of drug-likeness (QED) is 0.360. The second-order valence-electron chi connectivity index (χ2n) is 4.47. The van der Waals surface area contributed by atoms with E-state index in [2.05, 4.69) is 5.16 Å². The van der Waals surface area contributed by atoms with E-state index >= 15 is 0 Å². The standard InChI is InChI=1S/C13H17N3O4/c1-16(7-6-12(14)15-18)13(17)11-8-19-9-4-2-3-5-10(9)20-11/h2-5,11,18H,6-8H2,1H3,(H2,14,15). The number of hydrogen-bond donors (Lipinski definition) is 2. The Labute approximate surface area is 116 Å². The lowest BCUT2D eigenvalue weighted by Crippen LogP contribution is -2.45. The van der Waals surface area contributed by atoms with Gasteiger partial charge < -0.3 is 25.3 Å². The predicted molar refractivity (Wildman–Crippen MR) is 72.0 cm³/mol. The molecule has 0 fully saturated rings. The molecule has 0 aromatic heterocycles. The van der Waals surface area contributed by atoms with Gasteiger partial charge in [-0.05, 0) is 12.1 Å². The van der Waals surface area contributed by atoms with Crippen molar-refractivity contribution in [3.63, 3.8) is 0 Å². The number of nitrogens with zero attached hydrogens (tertiary/aromatic N) is 2. The van der Waals surface area contributed by atoms with E-state index in [1.807, 2.05) is 12.1 Å². The van der Waals surface area contributed by atoms with Crippen molar-refractivity contribution in [1.82, 2.24) is 4.90 Å². The zero-order chi connectivity index (χ0) is 14.5. The lowest BCUT2D eigenvalue weighted by Gasteiger charge is -2.28. The van der Waals surface area contributed by atoms with E-state index in [-0.39, 0.29) is 18.3 Å². The monoisotopic (exact) mass is 279 g/mol. The third-order valence-electron chi connectivity index (χ3n) is 2.99. The molecule has 0 saturated heterocycles. The van der Waals surface area contributed by atoms with Gasteiger partial charge in [-0.25, -0.2) is 0 Å². The summed E-state index contributed by atoms with van der Waals surface area (Å²) >= 11 is 0. The van der Waals surface area contributed by atoms with Crippen LogP contribution in [-0.4, -0.2) is 48.2 Å². The van der Waals surface area contributed by atoms with Gasteiger partial charge in [0.15, 0.2) is 11.5 Å². The normalized spacial score (nSPS) is 17.6. The lowest BCUT2D eigenvalue weighted by molar-refractivity contribution is -0.139. The van der Waals surface area contributed by atoms with Crippen LogP contribution < -0.4 is 15.2 Å². The van der Waals surface area contributed by atoms with Gasteiger partial charge in [-0.3, -0.25) is 4.79 Å². The van der Waals surface area contributed by atoms with E-state index in [0.717, 1.165) is 0 Å². The van der Waals surface area contributed by atoms with Crippen molar-refractivity contribution in [1.29, 1.82) is 0 Å². The second kappa shape index (κ2) is 6.14. The Morgan fingerprint density at radius 1 is 1.50 bits per heavy atom. The number of nitrogens with two attached hydrogens (primary N) is 1. The first-order valence-corrected chi connectivity index (χ1v) is 6.21. The van der Waals surface area contributed by atoms with Crippen LogP contribution in [0.25, 0.3) is 0 Å². The third kappa shape index (κ3) is 3.11. The molecule has 1 heterocycles. The van der Waals surface area contributed by atoms with Gasteiger partial charge in [0, 0.05) is 20.0 Å². The van der Waals surface area contributed by atoms with Crippen LogP contribution in [0.5, 0.6) is 11.5 Å². The minimum absolute atomic E-state index is 0.0795. The average Bonchev–Trinajstić information content (AvgIpc) is 2.50. The van der Waals surface area contributed by atoms with Gasteiger partial charge in [0.2, 0.25) is 6.10 Å². The molecule has 2 rings (SSSR count). The summed E-state index contributed by atoms with van der Waals surface area (Å²) in [5.41, 5.74) is 5.37. The van der Waals surface area contributed by atoms with Crippen molar-refractivity contribution in [3.8, 4) is 11.5 Å². The molecule has 0 radical (unpaired) electrons. The van der Waals surface area contributed by atoms with E-state index in [4.69, 9.17) is 20.4 Å². The number of ether oxygens (including phenoxy) is 2. The molecule has 1 unspecified atom stereocenters. The number of carbonyl (C=O) groups excluding carboxylic acids is 1. The van der Waals surface area contributed by atoms with E-state index in [1.165, 1.54) is 4.90 Å². The molecular weight excluding hydrogens is 262 g/mol. The van der Waals surface area contributed by atoms with Crippen molar-refractivity contribution < 1.29 is 19.5 Å². The molecule has 0 bridgehead atoms. The van der Waals surface area contributed by atoms with Gasteiger partial charge >= 0.3 is 0 Å². The first-order chi connectivity index (χ1) is 9.61. The van der Waals surface area contributed by atoms with Gasteiger partial charge in [0.25, 0.3) is 5.91 Å². The number of likely N-dealkylation sites (N-methyl/N-ethyl adjacent to an activating group) is 1. The molecule has 20 heavy (non-hydrogen) atoms. The van der Waals surface area contributed by atoms with Crippen LogP contribution >= 0.6 is 0 Å². The van der Waals surface area contributed by atoms with Crippen molar-refractivity contribution >= 4 is 11.7 Å². The largest absolute Gasteiger partial charge is 0.485 e. The minimum Gasteiger partial charge on any atom is -0.485 e. The minimum atomic E-state index is -0.679. The molecular formula is C13H17N3O4. The molecule has 1 aliphatic heterocycles. The SMILES string of the molecule is CN(CC/C(N)=N/O)C(=O)C1COc2ccccc2O1. The van der Waals surface area contributed by atoms with Gasteiger partial charge in [0.1, 0.15) is 12.4 Å². The number of amidine groups is 1. The highest BCUT2D eigenvalue weighted by Crippen LogP contribution is 2.31. The van der Waals surface area contributed by atoms with E-state index in [0.29, 0.717) is 24.5 Å². The van der Waals surface area contributed by atoms with E-state index < -0.39 is 6.10 Å². The fourth-order valence-corrected chi connectivity index (χ4v) is 1.83. The van der Waals surface area contributed by atoms with E-state index in [9.17, 15) is 4.79 Å². The fraction of sp³-hybridized carbons (Fsp3) is 0.385. The number of amides is 1. The molecule has 3 N–H and O–H groups in total. The van der Waals surface area contributed by atoms with Crippen molar-refractivity contribution in [3.05, 3.63) is 24.3 Å². The fourth-order valence-electron chi connectivity index (χ4n) is 1.83. The highest BCUT2D eigenvalue weighted by atomic mass is 16.6. The topological polar surface area (TPSA) is 97.4 Å². The Morgan fingerprint density at radius 3 is 2.90 bits per heavy atom. The van der Waals surface area contributed by atoms with Crippen molar-refractivity contribution in [2.45, 2.75) is 12.5 Å². The molecule has 0 spiro atoms. The Kier molecular flexibility index (Phi) is 4.29. The highest BCUT2D eigenvalue weighted by Gasteiger charge is 2.29. The number of para-hydroxylation sites is 2. The van der Waals surface area contributed by atoms with Gasteiger partial charge in [0.05, 0.1) is 0 Å². The Morgan fingerprint density at radius 2 is 2.20 bits per heavy atom. The Bertz CT molecular complexity index is 518. The van der Waals surface area contributed by atoms with Crippen molar-refractivity contribution in [2.75, 3.05) is 20.2 Å². The van der Waals surface area contributed by atoms with Crippen LogP contribution in [0.3, 0.4) is 0 Å². The molecule has 1 atom stereocenters. The maximum atomic E-state index is 12.2. The number of rotatable bonds is 4. The molecule has 1 amide bonds. The third-order valence-corrected chi connectivity index (χ3v) is 2.99. The van der Waals surface area contributed by atoms with Crippen LogP contribution in [0.2, 0.25) is 0 Å². The van der Waals surface area contributed by atoms with Crippen LogP contribution in [0.4, 0.5) is 0 Å². The average molecular weight is 279 g/mol. The van der Waals surface area contributed by atoms with Crippen LogP contribution in [-0.2, 0) is 4.79 Å². The summed E-state index contributed by atoms with van der Waals surface area (Å²) in [6, 6.07) is 7.20. The Hall–Kier alpha value is -2.44. The number of benzene rings is 1. The molecule has 1 aromatic carbocycles. The summed E-state index contributed by atoms with van der Waals surface area (Å²) < 4.78 is 11.1. The summed E-state index contributed by atoms with van der Waals surface area (Å²) in [5, 5.41) is 11.3. The van der Waals surface area contributed by atoms with Crippen molar-refractivity contribution in [2.24, 2.45) is 10.9 Å². The highest BCUT2D eigenvalue weighted by molar-refractivity contribution is 5.83. The molecule has 0 aliphatic carbocycles. The van der Waals surface area contributed by atoms with Crippen LogP contribution in [0.15, 0.2) is 29.4 Å². The molecule has 7 nitrogen and oxygen atoms in total. The zero-order valence-electron chi connectivity index (χ0n) is 11.2. The first-order valence-electron chi connectivity index (χ1n) is 6.21. The van der Waals surface area contributed by atoms with Crippen LogP contribution in [0, 0.1) is 0 Å². The smallest absolute Gasteiger partial charge is 0.267 e. The van der Waals surface area contributed by atoms with Crippen LogP contribution in [0.1, 0.15) is 6.42 Å².